The minimum absolute atomic E-state index is 0. The van der Waals surface area contributed by atoms with Crippen molar-refractivity contribution in [3.05, 3.63) is 0 Å². The van der Waals surface area contributed by atoms with E-state index in [2.05, 4.69) is 12.5 Å². The molecule has 0 saturated carbocycles. The molecule has 1 heterocycles. The molecular formula is H4O4SSiZn. The van der Waals surface area contributed by atoms with Crippen LogP contribution in [0.4, 0.5) is 0 Å². The summed E-state index contributed by atoms with van der Waals surface area (Å²) in [4.78, 5) is 0. The Morgan fingerprint density at radius 1 is 1.57 bits per heavy atom. The molecule has 0 aromatic carbocycles. The summed E-state index contributed by atoms with van der Waals surface area (Å²) >= 11 is -2.35. The molecule has 4 nitrogen and oxygen atoms in total. The van der Waals surface area contributed by atoms with Crippen LogP contribution in [0.15, 0.2) is 0 Å². The van der Waals surface area contributed by atoms with Crippen molar-refractivity contribution in [1.29, 1.82) is 0 Å². The largest absolute Gasteiger partial charge is 0.325 e. The second-order valence-corrected chi connectivity index (χ2v) is 3.19. The standard InChI is InChI=1S/H4O4SSi.Zn/c1-5(4-6)2-3-5;/h1H,6H3;. The summed E-state index contributed by atoms with van der Waals surface area (Å²) in [6.45, 7) is 0. The first-order chi connectivity index (χ1) is 2.77. The third kappa shape index (κ3) is 2.18. The van der Waals surface area contributed by atoms with Gasteiger partial charge in [0.1, 0.15) is 0 Å². The minimum atomic E-state index is -2.35. The van der Waals surface area contributed by atoms with Crippen LogP contribution in [0.25, 0.3) is 0 Å². The zero-order valence-electron chi connectivity index (χ0n) is 3.79. The predicted molar refractivity (Wildman–Crippen MR) is 23.4 cm³/mol. The molecule has 7 heteroatoms. The van der Waals surface area contributed by atoms with Crippen molar-refractivity contribution in [2.45, 2.75) is 0 Å². The van der Waals surface area contributed by atoms with Crippen molar-refractivity contribution in [2.24, 2.45) is 0 Å². The van der Waals surface area contributed by atoms with Gasteiger partial charge in [-0.2, -0.15) is 0 Å². The third-order valence-corrected chi connectivity index (χ3v) is 2.45. The SMILES string of the molecule is OS1(O[SiH3])OO1.[Zn]. The Morgan fingerprint density at radius 3 is 2.00 bits per heavy atom. The summed E-state index contributed by atoms with van der Waals surface area (Å²) in [7, 11) is 0.448. The zero-order chi connectivity index (χ0) is 4.62. The van der Waals surface area contributed by atoms with Crippen LogP contribution in [0.2, 0.25) is 0 Å². The van der Waals surface area contributed by atoms with Crippen LogP contribution < -0.4 is 0 Å². The van der Waals surface area contributed by atoms with Crippen molar-refractivity contribution < 1.29 is 36.6 Å². The van der Waals surface area contributed by atoms with Gasteiger partial charge in [0.2, 0.25) is 0 Å². The summed E-state index contributed by atoms with van der Waals surface area (Å²) in [5, 5.41) is 0. The predicted octanol–water partition coefficient (Wildman–Crippen LogP) is -0.735. The van der Waals surface area contributed by atoms with Gasteiger partial charge < -0.3 is 3.87 Å². The van der Waals surface area contributed by atoms with Gasteiger partial charge in [0.25, 0.3) is 11.2 Å². The van der Waals surface area contributed by atoms with Gasteiger partial charge in [-0.05, 0) is 0 Å². The smallest absolute Gasteiger partial charge is 0.269 e. The van der Waals surface area contributed by atoms with E-state index in [1.165, 1.54) is 0 Å². The number of hydrogen-bond donors (Lipinski definition) is 1. The van der Waals surface area contributed by atoms with Crippen molar-refractivity contribution in [1.82, 2.24) is 0 Å². The Bertz CT molecular complexity index is 62.7. The van der Waals surface area contributed by atoms with Crippen LogP contribution in [0.5, 0.6) is 0 Å². The van der Waals surface area contributed by atoms with Crippen LogP contribution >= 0.6 is 11.2 Å². The van der Waals surface area contributed by atoms with E-state index in [4.69, 9.17) is 4.55 Å². The molecule has 7 heavy (non-hydrogen) atoms. The molecule has 1 aliphatic rings. The van der Waals surface area contributed by atoms with Crippen molar-refractivity contribution in [3.63, 3.8) is 0 Å². The van der Waals surface area contributed by atoms with Crippen LogP contribution in [0.3, 0.4) is 0 Å². The van der Waals surface area contributed by atoms with E-state index in [0.717, 1.165) is 0 Å². The van der Waals surface area contributed by atoms with Gasteiger partial charge in [-0.25, -0.2) is 0 Å². The first-order valence-corrected chi connectivity index (χ1v) is 3.44. The third-order valence-electron chi connectivity index (χ3n) is 0.395. The molecule has 1 N–H and O–H groups in total. The molecule has 0 amide bonds. The van der Waals surface area contributed by atoms with Gasteiger partial charge in [0.15, 0.2) is 10.5 Å². The second kappa shape index (κ2) is 2.54. The van der Waals surface area contributed by atoms with Gasteiger partial charge in [-0.15, -0.1) is 0 Å². The molecule has 0 bridgehead atoms. The molecule has 40 valence electrons. The maximum Gasteiger partial charge on any atom is 0.269 e. The molecule has 0 unspecified atom stereocenters. The normalized spacial score (nSPS) is 28.1. The second-order valence-electron chi connectivity index (χ2n) is 0.730. The molecule has 0 radical (unpaired) electrons. The van der Waals surface area contributed by atoms with Gasteiger partial charge in [0, 0.05) is 19.5 Å². The summed E-state index contributed by atoms with van der Waals surface area (Å²) in [5.74, 6) is 0. The van der Waals surface area contributed by atoms with E-state index < -0.39 is 11.2 Å². The molecule has 1 saturated heterocycles. The Balaban J connectivity index is 0.000000360. The molecule has 0 aliphatic carbocycles. The molecule has 0 atom stereocenters. The van der Waals surface area contributed by atoms with Crippen LogP contribution in [-0.2, 0) is 32.0 Å². The summed E-state index contributed by atoms with van der Waals surface area (Å²) in [6.07, 6.45) is 0. The van der Waals surface area contributed by atoms with E-state index in [0.29, 0.717) is 10.5 Å². The first kappa shape index (κ1) is 8.03. The fourth-order valence-electron chi connectivity index (χ4n) is 0.0793. The van der Waals surface area contributed by atoms with E-state index >= 15 is 0 Å². The molecular weight excluding hydrogens is 190 g/mol. The van der Waals surface area contributed by atoms with E-state index in [9.17, 15) is 0 Å². The molecule has 0 spiro atoms. The fourth-order valence-corrected chi connectivity index (χ4v) is 0.714. The van der Waals surface area contributed by atoms with Crippen LogP contribution in [0, 0.1) is 0 Å². The number of hydrogen-bond acceptors (Lipinski definition) is 4. The van der Waals surface area contributed by atoms with E-state index in [1.54, 1.807) is 0 Å². The average molecular weight is 194 g/mol. The van der Waals surface area contributed by atoms with Gasteiger partial charge in [0.05, 0.1) is 0 Å². The monoisotopic (exact) mass is 192 g/mol. The van der Waals surface area contributed by atoms with Crippen LogP contribution in [-0.4, -0.2) is 15.0 Å². The Labute approximate surface area is 58.5 Å². The van der Waals surface area contributed by atoms with Crippen molar-refractivity contribution >= 4 is 21.6 Å². The Kier molecular flexibility index (Phi) is 2.92. The topological polar surface area (TPSA) is 54.5 Å². The van der Waals surface area contributed by atoms with Gasteiger partial charge in [-0.1, -0.05) is 8.67 Å². The zero-order valence-corrected chi connectivity index (χ0v) is 9.57. The molecule has 1 fully saturated rings. The summed E-state index contributed by atoms with van der Waals surface area (Å²) in [5.41, 5.74) is 0. The summed E-state index contributed by atoms with van der Waals surface area (Å²) in [6, 6.07) is 0. The van der Waals surface area contributed by atoms with Crippen molar-refractivity contribution in [2.75, 3.05) is 0 Å². The maximum absolute atomic E-state index is 8.39. The molecule has 0 aromatic rings. The average Bonchev–Trinajstić information content (AvgIpc) is 2.22. The molecule has 1 rings (SSSR count). The first-order valence-electron chi connectivity index (χ1n) is 1.26. The van der Waals surface area contributed by atoms with Gasteiger partial charge >= 0.3 is 0 Å². The maximum atomic E-state index is 8.39. The van der Waals surface area contributed by atoms with Crippen LogP contribution in [0.1, 0.15) is 0 Å². The Hall–Kier alpha value is 1.03. The molecule has 1 aliphatic heterocycles. The quantitative estimate of drug-likeness (QED) is 0.339. The van der Waals surface area contributed by atoms with Gasteiger partial charge in [-0.3, -0.25) is 4.55 Å². The van der Waals surface area contributed by atoms with Crippen molar-refractivity contribution in [3.8, 4) is 0 Å². The van der Waals surface area contributed by atoms with E-state index in [-0.39, 0.29) is 19.5 Å². The Morgan fingerprint density at radius 2 is 2.00 bits per heavy atom. The fraction of sp³-hybridized carbons (Fsp3) is 0. The number of rotatable bonds is 1. The summed E-state index contributed by atoms with van der Waals surface area (Å²) < 4.78 is 20.8. The van der Waals surface area contributed by atoms with E-state index in [1.807, 2.05) is 0 Å². The minimum Gasteiger partial charge on any atom is -0.325 e. The molecule has 0 aromatic heterocycles.